The highest BCUT2D eigenvalue weighted by molar-refractivity contribution is 6.32. The number of benzene rings is 1. The standard InChI is InChI=1S/C17H26ClNO.ClH/c1-3-13(2)15-6-7-17(16(18)11-15)20-10-8-14-5-4-9-19-12-14;/h6-7,11,13-14,19H,3-5,8-10,12H2,1-2H3;1H. The van der Waals surface area contributed by atoms with Crippen LogP contribution < -0.4 is 10.1 Å². The van der Waals surface area contributed by atoms with Crippen molar-refractivity contribution >= 4 is 24.0 Å². The Kier molecular flexibility index (Phi) is 8.46. The van der Waals surface area contributed by atoms with Crippen LogP contribution in [0.5, 0.6) is 5.75 Å². The van der Waals surface area contributed by atoms with Gasteiger partial charge in [0.05, 0.1) is 11.6 Å². The van der Waals surface area contributed by atoms with Gasteiger partial charge in [-0.25, -0.2) is 0 Å². The average Bonchev–Trinajstić information content (AvgIpc) is 2.49. The number of hydrogen-bond donors (Lipinski definition) is 1. The highest BCUT2D eigenvalue weighted by Crippen LogP contribution is 2.30. The molecule has 0 aromatic heterocycles. The molecule has 2 nitrogen and oxygen atoms in total. The lowest BCUT2D eigenvalue weighted by Crippen LogP contribution is -2.30. The minimum Gasteiger partial charge on any atom is -0.492 e. The van der Waals surface area contributed by atoms with Gasteiger partial charge in [0.1, 0.15) is 5.75 Å². The molecule has 0 amide bonds. The highest BCUT2D eigenvalue weighted by atomic mass is 35.5. The van der Waals surface area contributed by atoms with Crippen molar-refractivity contribution in [2.45, 2.75) is 45.4 Å². The molecule has 0 bridgehead atoms. The third-order valence-electron chi connectivity index (χ3n) is 4.32. The first kappa shape index (κ1) is 18.6. The van der Waals surface area contributed by atoms with Crippen LogP contribution in [0.4, 0.5) is 0 Å². The van der Waals surface area contributed by atoms with Gasteiger partial charge in [0, 0.05) is 0 Å². The van der Waals surface area contributed by atoms with Gasteiger partial charge in [-0.15, -0.1) is 12.4 Å². The van der Waals surface area contributed by atoms with Gasteiger partial charge in [0.25, 0.3) is 0 Å². The Bertz CT molecular complexity index is 419. The SMILES string of the molecule is CCC(C)c1ccc(OCCC2CCCNC2)c(Cl)c1.Cl. The van der Waals surface area contributed by atoms with Gasteiger partial charge in [-0.2, -0.15) is 0 Å². The molecule has 0 radical (unpaired) electrons. The summed E-state index contributed by atoms with van der Waals surface area (Å²) < 4.78 is 5.85. The normalized spacial score (nSPS) is 19.7. The Balaban J connectivity index is 0.00000220. The van der Waals surface area contributed by atoms with E-state index < -0.39 is 0 Å². The second-order valence-electron chi connectivity index (χ2n) is 5.85. The molecule has 2 rings (SSSR count). The van der Waals surface area contributed by atoms with E-state index in [-0.39, 0.29) is 12.4 Å². The van der Waals surface area contributed by atoms with E-state index in [1.54, 1.807) is 0 Å². The molecule has 1 N–H and O–H groups in total. The maximum absolute atomic E-state index is 6.31. The zero-order chi connectivity index (χ0) is 14.4. The van der Waals surface area contributed by atoms with Crippen LogP contribution >= 0.6 is 24.0 Å². The minimum absolute atomic E-state index is 0. The molecule has 2 atom stereocenters. The van der Waals surface area contributed by atoms with Gasteiger partial charge in [-0.1, -0.05) is 31.5 Å². The van der Waals surface area contributed by atoms with Crippen LogP contribution in [0.1, 0.15) is 51.0 Å². The van der Waals surface area contributed by atoms with E-state index in [0.717, 1.165) is 42.7 Å². The highest BCUT2D eigenvalue weighted by Gasteiger charge is 2.13. The molecule has 1 aliphatic heterocycles. The predicted molar refractivity (Wildman–Crippen MR) is 93.1 cm³/mol. The van der Waals surface area contributed by atoms with Crippen molar-refractivity contribution in [3.05, 3.63) is 28.8 Å². The number of hydrogen-bond acceptors (Lipinski definition) is 2. The first-order chi connectivity index (χ1) is 9.70. The third-order valence-corrected chi connectivity index (χ3v) is 4.62. The summed E-state index contributed by atoms with van der Waals surface area (Å²) in [5.41, 5.74) is 1.29. The molecule has 1 aromatic carbocycles. The molecular formula is C17H27Cl2NO. The van der Waals surface area contributed by atoms with Crippen molar-refractivity contribution in [2.24, 2.45) is 5.92 Å². The number of halogens is 2. The maximum atomic E-state index is 6.31. The van der Waals surface area contributed by atoms with Crippen LogP contribution in [-0.2, 0) is 0 Å². The van der Waals surface area contributed by atoms with Gasteiger partial charge >= 0.3 is 0 Å². The van der Waals surface area contributed by atoms with Gasteiger partial charge in [0.15, 0.2) is 0 Å². The van der Waals surface area contributed by atoms with Gasteiger partial charge in [-0.3, -0.25) is 0 Å². The molecule has 1 aromatic rings. The van der Waals surface area contributed by atoms with E-state index in [4.69, 9.17) is 16.3 Å². The molecule has 1 saturated heterocycles. The summed E-state index contributed by atoms with van der Waals surface area (Å²) in [6, 6.07) is 6.20. The Hall–Kier alpha value is -0.440. The Morgan fingerprint density at radius 2 is 2.24 bits per heavy atom. The Morgan fingerprint density at radius 3 is 2.86 bits per heavy atom. The molecular weight excluding hydrogens is 305 g/mol. The molecule has 0 spiro atoms. The summed E-state index contributed by atoms with van der Waals surface area (Å²) in [5, 5.41) is 4.18. The molecule has 2 unspecified atom stereocenters. The van der Waals surface area contributed by atoms with Crippen LogP contribution in [0, 0.1) is 5.92 Å². The van der Waals surface area contributed by atoms with E-state index in [2.05, 4.69) is 25.2 Å². The van der Waals surface area contributed by atoms with Gasteiger partial charge < -0.3 is 10.1 Å². The van der Waals surface area contributed by atoms with Crippen molar-refractivity contribution in [3.8, 4) is 5.75 Å². The van der Waals surface area contributed by atoms with E-state index in [1.165, 1.54) is 24.9 Å². The average molecular weight is 332 g/mol. The van der Waals surface area contributed by atoms with Crippen LogP contribution in [0.25, 0.3) is 0 Å². The maximum Gasteiger partial charge on any atom is 0.137 e. The summed E-state index contributed by atoms with van der Waals surface area (Å²) in [6.45, 7) is 7.47. The van der Waals surface area contributed by atoms with Crippen LogP contribution in [0.15, 0.2) is 18.2 Å². The summed E-state index contributed by atoms with van der Waals surface area (Å²) in [4.78, 5) is 0. The quantitative estimate of drug-likeness (QED) is 0.788. The fraction of sp³-hybridized carbons (Fsp3) is 0.647. The summed E-state index contributed by atoms with van der Waals surface area (Å²) >= 11 is 6.31. The van der Waals surface area contributed by atoms with Crippen LogP contribution in [0.2, 0.25) is 5.02 Å². The van der Waals surface area contributed by atoms with E-state index in [1.807, 2.05) is 12.1 Å². The van der Waals surface area contributed by atoms with Crippen molar-refractivity contribution in [1.29, 1.82) is 0 Å². The zero-order valence-electron chi connectivity index (χ0n) is 13.0. The largest absolute Gasteiger partial charge is 0.492 e. The molecule has 0 saturated carbocycles. The van der Waals surface area contributed by atoms with Crippen molar-refractivity contribution in [2.75, 3.05) is 19.7 Å². The van der Waals surface area contributed by atoms with Crippen molar-refractivity contribution in [1.82, 2.24) is 5.32 Å². The molecule has 1 heterocycles. The molecule has 0 aliphatic carbocycles. The summed E-state index contributed by atoms with van der Waals surface area (Å²) in [5.74, 6) is 2.12. The molecule has 1 aliphatic rings. The lowest BCUT2D eigenvalue weighted by Gasteiger charge is -2.22. The van der Waals surface area contributed by atoms with E-state index >= 15 is 0 Å². The topological polar surface area (TPSA) is 21.3 Å². The smallest absolute Gasteiger partial charge is 0.137 e. The first-order valence-corrected chi connectivity index (χ1v) is 8.21. The fourth-order valence-electron chi connectivity index (χ4n) is 2.68. The Labute approximate surface area is 140 Å². The molecule has 4 heteroatoms. The molecule has 21 heavy (non-hydrogen) atoms. The fourth-order valence-corrected chi connectivity index (χ4v) is 2.93. The predicted octanol–water partition coefficient (Wildman–Crippen LogP) is 5.04. The van der Waals surface area contributed by atoms with Gasteiger partial charge in [0.2, 0.25) is 0 Å². The second-order valence-corrected chi connectivity index (χ2v) is 6.26. The van der Waals surface area contributed by atoms with Crippen molar-refractivity contribution < 1.29 is 4.74 Å². The molecule has 120 valence electrons. The lowest BCUT2D eigenvalue weighted by molar-refractivity contribution is 0.254. The second kappa shape index (κ2) is 9.55. The van der Waals surface area contributed by atoms with Crippen LogP contribution in [0.3, 0.4) is 0 Å². The van der Waals surface area contributed by atoms with E-state index in [9.17, 15) is 0 Å². The zero-order valence-corrected chi connectivity index (χ0v) is 14.6. The summed E-state index contributed by atoms with van der Waals surface area (Å²) in [7, 11) is 0. The first-order valence-electron chi connectivity index (χ1n) is 7.83. The monoisotopic (exact) mass is 331 g/mol. The molecule has 1 fully saturated rings. The number of ether oxygens (including phenoxy) is 1. The summed E-state index contributed by atoms with van der Waals surface area (Å²) in [6.07, 6.45) is 4.84. The number of nitrogens with one attached hydrogen (secondary N) is 1. The van der Waals surface area contributed by atoms with Crippen LogP contribution in [-0.4, -0.2) is 19.7 Å². The van der Waals surface area contributed by atoms with Crippen molar-refractivity contribution in [3.63, 3.8) is 0 Å². The van der Waals surface area contributed by atoms with E-state index in [0.29, 0.717) is 5.92 Å². The number of rotatable bonds is 6. The lowest BCUT2D eigenvalue weighted by atomic mass is 9.97. The third kappa shape index (κ3) is 5.69. The minimum atomic E-state index is 0. The number of piperidine rings is 1. The van der Waals surface area contributed by atoms with Gasteiger partial charge in [-0.05, 0) is 68.3 Å². The Morgan fingerprint density at radius 1 is 1.43 bits per heavy atom.